The van der Waals surface area contributed by atoms with Crippen LogP contribution in [0.5, 0.6) is 5.75 Å². The molecule has 2 nitrogen and oxygen atoms in total. The van der Waals surface area contributed by atoms with Crippen molar-refractivity contribution in [3.8, 4) is 28.0 Å². The molecular weight excluding hydrogens is 437 g/mol. The average molecular weight is 465 g/mol. The van der Waals surface area contributed by atoms with Crippen LogP contribution in [-0.4, -0.2) is 12.2 Å². The minimum Gasteiger partial charge on any atom is -0.508 e. The van der Waals surface area contributed by atoms with E-state index in [-0.39, 0.29) is 22.6 Å². The van der Waals surface area contributed by atoms with E-state index in [1.54, 1.807) is 24.3 Å². The fourth-order valence-corrected chi connectivity index (χ4v) is 3.20. The van der Waals surface area contributed by atoms with Gasteiger partial charge in [-0.15, -0.1) is 13.2 Å². The van der Waals surface area contributed by atoms with Crippen molar-refractivity contribution in [1.82, 2.24) is 0 Å². The third-order valence-corrected chi connectivity index (χ3v) is 5.13. The molecular formula is C29H27F3O2. The summed E-state index contributed by atoms with van der Waals surface area (Å²) in [5.74, 6) is -2.12. The molecule has 0 bridgehead atoms. The summed E-state index contributed by atoms with van der Waals surface area (Å²) in [5.41, 5.74) is 2.50. The molecule has 0 atom stereocenters. The highest BCUT2D eigenvalue weighted by molar-refractivity contribution is 5.72. The van der Waals surface area contributed by atoms with Gasteiger partial charge in [-0.3, -0.25) is 0 Å². The summed E-state index contributed by atoms with van der Waals surface area (Å²) in [6, 6.07) is 15.9. The first kappa shape index (κ1) is 26.3. The van der Waals surface area contributed by atoms with Gasteiger partial charge in [0.15, 0.2) is 11.6 Å². The fraction of sp³-hybridized carbons (Fsp3) is 0.103. The number of aromatic hydroxyl groups is 1. The summed E-state index contributed by atoms with van der Waals surface area (Å²) < 4.78 is 48.3. The molecule has 0 aromatic heterocycles. The lowest BCUT2D eigenvalue weighted by Crippen LogP contribution is -1.95. The molecule has 3 aromatic rings. The molecule has 0 spiro atoms. The van der Waals surface area contributed by atoms with Crippen LogP contribution in [0, 0.1) is 11.6 Å². The largest absolute Gasteiger partial charge is 0.508 e. The maximum atomic E-state index is 14.8. The number of hydrogen-bond acceptors (Lipinski definition) is 2. The number of phenolic OH excluding ortho intramolecular Hbond substituents is 1. The molecule has 0 aliphatic carbocycles. The number of aryl methyl sites for hydroxylation is 1. The normalized spacial score (nSPS) is 10.8. The van der Waals surface area contributed by atoms with Crippen LogP contribution in [0.1, 0.15) is 12.0 Å². The van der Waals surface area contributed by atoms with Crippen molar-refractivity contribution in [1.29, 1.82) is 0 Å². The quantitative estimate of drug-likeness (QED) is 0.206. The molecule has 3 aromatic carbocycles. The predicted octanol–water partition coefficient (Wildman–Crippen LogP) is 8.31. The molecule has 3 rings (SSSR count). The zero-order valence-corrected chi connectivity index (χ0v) is 19.1. The van der Waals surface area contributed by atoms with Gasteiger partial charge in [0.1, 0.15) is 17.3 Å². The summed E-state index contributed by atoms with van der Waals surface area (Å²) >= 11 is 0. The number of halogens is 3. The van der Waals surface area contributed by atoms with Gasteiger partial charge in [0, 0.05) is 17.2 Å². The molecule has 0 saturated heterocycles. The molecule has 0 aliphatic heterocycles. The highest BCUT2D eigenvalue weighted by atomic mass is 19.2. The van der Waals surface area contributed by atoms with Gasteiger partial charge in [-0.25, -0.2) is 13.2 Å². The van der Waals surface area contributed by atoms with Crippen molar-refractivity contribution in [2.45, 2.75) is 12.8 Å². The van der Waals surface area contributed by atoms with E-state index >= 15 is 0 Å². The third kappa shape index (κ3) is 6.51. The number of allylic oxidation sites excluding steroid dienone is 3. The Morgan fingerprint density at radius 1 is 0.853 bits per heavy atom. The third-order valence-electron chi connectivity index (χ3n) is 5.13. The van der Waals surface area contributed by atoms with E-state index in [0.717, 1.165) is 5.56 Å². The number of ether oxygens (including phenoxy) is 1. The summed E-state index contributed by atoms with van der Waals surface area (Å²) in [6.07, 6.45) is 2.12. The van der Waals surface area contributed by atoms with E-state index in [2.05, 4.69) is 26.3 Å². The topological polar surface area (TPSA) is 29.5 Å². The molecule has 0 saturated carbocycles. The highest BCUT2D eigenvalue weighted by Crippen LogP contribution is 2.32. The van der Waals surface area contributed by atoms with E-state index < -0.39 is 17.5 Å². The minimum atomic E-state index is -0.950. The van der Waals surface area contributed by atoms with Crippen LogP contribution >= 0.6 is 0 Å². The summed E-state index contributed by atoms with van der Waals surface area (Å²) in [7, 11) is 1.41. The van der Waals surface area contributed by atoms with Gasteiger partial charge in [0.25, 0.3) is 0 Å². The summed E-state index contributed by atoms with van der Waals surface area (Å²) in [4.78, 5) is 0. The van der Waals surface area contributed by atoms with Crippen molar-refractivity contribution in [2.24, 2.45) is 0 Å². The Morgan fingerprint density at radius 2 is 1.32 bits per heavy atom. The van der Waals surface area contributed by atoms with Crippen molar-refractivity contribution < 1.29 is 23.0 Å². The zero-order valence-electron chi connectivity index (χ0n) is 19.1. The number of rotatable bonds is 8. The first-order chi connectivity index (χ1) is 16.3. The van der Waals surface area contributed by atoms with Crippen LogP contribution < -0.4 is 0 Å². The van der Waals surface area contributed by atoms with Crippen LogP contribution in [0.25, 0.3) is 22.3 Å². The van der Waals surface area contributed by atoms with Crippen LogP contribution in [-0.2, 0) is 11.2 Å². The van der Waals surface area contributed by atoms with Crippen LogP contribution in [0.4, 0.5) is 13.2 Å². The maximum Gasteiger partial charge on any atom is 0.167 e. The fourth-order valence-electron chi connectivity index (χ4n) is 3.20. The number of benzene rings is 3. The van der Waals surface area contributed by atoms with Gasteiger partial charge in [0.05, 0.1) is 7.11 Å². The number of hydrogen-bond donors (Lipinski definition) is 1. The molecule has 176 valence electrons. The average Bonchev–Trinajstić information content (AvgIpc) is 2.86. The standard InChI is InChI=1S/C27H23F3O2.C2H4/c1-17(25(28)16-18(2)32-3)4-5-19-6-8-20(9-7-19)23-14-15-24(27(30)26(23)29)21-10-12-22(31)13-11-21;1-2/h6-16,31H,1-2,4-5H2,3H3;1-2H2/b25-16+;. The second-order valence-electron chi connectivity index (χ2n) is 7.30. The van der Waals surface area contributed by atoms with Gasteiger partial charge in [-0.05, 0) is 47.2 Å². The van der Waals surface area contributed by atoms with Gasteiger partial charge >= 0.3 is 0 Å². The Hall–Kier alpha value is -3.99. The van der Waals surface area contributed by atoms with Crippen LogP contribution in [0.3, 0.4) is 0 Å². The minimum absolute atomic E-state index is 0.0501. The van der Waals surface area contributed by atoms with Gasteiger partial charge in [-0.2, -0.15) is 0 Å². The molecule has 34 heavy (non-hydrogen) atoms. The molecule has 0 unspecified atom stereocenters. The Bertz CT molecular complexity index is 1180. The molecule has 0 fully saturated rings. The van der Waals surface area contributed by atoms with Crippen LogP contribution in [0.15, 0.2) is 110 Å². The SMILES string of the molecule is C=C.C=C(/C=C(/F)C(=C)CCc1ccc(-c2ccc(-c3ccc(O)cc3)c(F)c2F)cc1)OC. The van der Waals surface area contributed by atoms with Gasteiger partial charge in [-0.1, -0.05) is 61.7 Å². The lowest BCUT2D eigenvalue weighted by molar-refractivity contribution is 0.307. The first-order valence-electron chi connectivity index (χ1n) is 10.4. The van der Waals surface area contributed by atoms with E-state index in [9.17, 15) is 18.3 Å². The van der Waals surface area contributed by atoms with Crippen molar-refractivity contribution >= 4 is 0 Å². The molecule has 0 amide bonds. The molecule has 5 heteroatoms. The monoisotopic (exact) mass is 464 g/mol. The smallest absolute Gasteiger partial charge is 0.167 e. The van der Waals surface area contributed by atoms with Crippen LogP contribution in [0.2, 0.25) is 0 Å². The number of phenols is 1. The Kier molecular flexibility index (Phi) is 9.50. The molecule has 0 radical (unpaired) electrons. The zero-order chi connectivity index (χ0) is 25.3. The van der Waals surface area contributed by atoms with Crippen molar-refractivity contribution in [3.63, 3.8) is 0 Å². The van der Waals surface area contributed by atoms with E-state index in [1.165, 1.54) is 49.6 Å². The van der Waals surface area contributed by atoms with E-state index in [0.29, 0.717) is 29.5 Å². The molecule has 1 N–H and O–H groups in total. The summed E-state index contributed by atoms with van der Waals surface area (Å²) in [6.45, 7) is 13.3. The van der Waals surface area contributed by atoms with Crippen molar-refractivity contribution in [3.05, 3.63) is 127 Å². The van der Waals surface area contributed by atoms with Crippen molar-refractivity contribution in [2.75, 3.05) is 7.11 Å². The Labute approximate surface area is 198 Å². The molecule has 0 aliphatic rings. The lowest BCUT2D eigenvalue weighted by atomic mass is 9.97. The van der Waals surface area contributed by atoms with E-state index in [4.69, 9.17) is 4.74 Å². The first-order valence-corrected chi connectivity index (χ1v) is 10.4. The molecule has 0 heterocycles. The summed E-state index contributed by atoms with van der Waals surface area (Å²) in [5, 5.41) is 9.38. The second-order valence-corrected chi connectivity index (χ2v) is 7.30. The predicted molar refractivity (Wildman–Crippen MR) is 133 cm³/mol. The lowest BCUT2D eigenvalue weighted by Gasteiger charge is -2.10. The Balaban J connectivity index is 0.00000199. The van der Waals surface area contributed by atoms with Gasteiger partial charge in [0.2, 0.25) is 0 Å². The van der Waals surface area contributed by atoms with Gasteiger partial charge < -0.3 is 9.84 Å². The second kappa shape index (κ2) is 12.3. The van der Waals surface area contributed by atoms with E-state index in [1.807, 2.05) is 0 Å². The number of methoxy groups -OCH3 is 1. The maximum absolute atomic E-state index is 14.8. The Morgan fingerprint density at radius 3 is 1.79 bits per heavy atom. The highest BCUT2D eigenvalue weighted by Gasteiger charge is 2.16.